The summed E-state index contributed by atoms with van der Waals surface area (Å²) in [7, 11) is 0. The summed E-state index contributed by atoms with van der Waals surface area (Å²) in [5, 5.41) is 0. The van der Waals surface area contributed by atoms with Crippen molar-refractivity contribution in [1.82, 2.24) is 4.90 Å². The SMILES string of the molecule is CC1CN2CCCCC2CN1c1c(F)cccc1Br. The third kappa shape index (κ3) is 2.52. The fourth-order valence-electron chi connectivity index (χ4n) is 3.43. The van der Waals surface area contributed by atoms with Gasteiger partial charge >= 0.3 is 0 Å². The van der Waals surface area contributed by atoms with E-state index in [1.807, 2.05) is 6.07 Å². The number of para-hydroxylation sites is 1. The Kier molecular flexibility index (Phi) is 3.81. The Morgan fingerprint density at radius 3 is 2.89 bits per heavy atom. The van der Waals surface area contributed by atoms with E-state index in [9.17, 15) is 4.39 Å². The van der Waals surface area contributed by atoms with Gasteiger partial charge in [-0.2, -0.15) is 0 Å². The molecule has 4 heteroatoms. The minimum Gasteiger partial charge on any atom is -0.363 e. The van der Waals surface area contributed by atoms with Crippen LogP contribution < -0.4 is 4.90 Å². The Hall–Kier alpha value is -0.610. The van der Waals surface area contributed by atoms with Gasteiger partial charge < -0.3 is 4.90 Å². The fraction of sp³-hybridized carbons (Fsp3) is 0.600. The Morgan fingerprint density at radius 1 is 1.26 bits per heavy atom. The van der Waals surface area contributed by atoms with E-state index in [1.54, 1.807) is 12.1 Å². The van der Waals surface area contributed by atoms with Crippen molar-refractivity contribution < 1.29 is 4.39 Å². The van der Waals surface area contributed by atoms with E-state index in [4.69, 9.17) is 0 Å². The van der Waals surface area contributed by atoms with Crippen LogP contribution in [0.5, 0.6) is 0 Å². The highest BCUT2D eigenvalue weighted by molar-refractivity contribution is 9.10. The molecule has 2 atom stereocenters. The van der Waals surface area contributed by atoms with Crippen LogP contribution in [0.2, 0.25) is 0 Å². The Morgan fingerprint density at radius 2 is 2.11 bits per heavy atom. The molecule has 2 nitrogen and oxygen atoms in total. The lowest BCUT2D eigenvalue weighted by molar-refractivity contribution is 0.115. The molecule has 2 fully saturated rings. The molecular formula is C15H20BrFN2. The van der Waals surface area contributed by atoms with E-state index in [1.165, 1.54) is 25.8 Å². The lowest BCUT2D eigenvalue weighted by Crippen LogP contribution is -2.59. The molecule has 0 radical (unpaired) electrons. The zero-order valence-corrected chi connectivity index (χ0v) is 12.9. The Balaban J connectivity index is 1.88. The molecule has 1 aromatic rings. The summed E-state index contributed by atoms with van der Waals surface area (Å²) in [4.78, 5) is 4.82. The van der Waals surface area contributed by atoms with Gasteiger partial charge in [-0.25, -0.2) is 4.39 Å². The van der Waals surface area contributed by atoms with Gasteiger partial charge in [0.05, 0.1) is 5.69 Å². The molecule has 1 aromatic carbocycles. The normalized spacial score (nSPS) is 28.3. The van der Waals surface area contributed by atoms with Crippen LogP contribution in [-0.4, -0.2) is 36.6 Å². The summed E-state index contributed by atoms with van der Waals surface area (Å²) in [5.41, 5.74) is 0.736. The summed E-state index contributed by atoms with van der Waals surface area (Å²) in [6, 6.07) is 6.20. The molecule has 3 rings (SSSR count). The summed E-state index contributed by atoms with van der Waals surface area (Å²) < 4.78 is 15.0. The summed E-state index contributed by atoms with van der Waals surface area (Å²) in [6.07, 6.45) is 3.86. The number of nitrogens with zero attached hydrogens (tertiary/aromatic N) is 2. The predicted octanol–water partition coefficient (Wildman–Crippen LogP) is 3.65. The highest BCUT2D eigenvalue weighted by Crippen LogP contribution is 2.34. The average Bonchev–Trinajstić information content (AvgIpc) is 2.39. The maximum atomic E-state index is 14.1. The summed E-state index contributed by atoms with van der Waals surface area (Å²) >= 11 is 3.50. The lowest BCUT2D eigenvalue weighted by Gasteiger charge is -2.48. The minimum atomic E-state index is -0.120. The number of fused-ring (bicyclic) bond motifs is 1. The Bertz CT molecular complexity index is 445. The number of piperidine rings is 1. The van der Waals surface area contributed by atoms with Crippen molar-refractivity contribution in [1.29, 1.82) is 0 Å². The number of hydrogen-bond donors (Lipinski definition) is 0. The molecule has 2 heterocycles. The van der Waals surface area contributed by atoms with Crippen molar-refractivity contribution in [2.24, 2.45) is 0 Å². The van der Waals surface area contributed by atoms with E-state index in [-0.39, 0.29) is 5.82 Å². The van der Waals surface area contributed by atoms with Gasteiger partial charge in [-0.15, -0.1) is 0 Å². The van der Waals surface area contributed by atoms with Gasteiger partial charge in [0.15, 0.2) is 0 Å². The van der Waals surface area contributed by atoms with Crippen molar-refractivity contribution in [3.05, 3.63) is 28.5 Å². The van der Waals surface area contributed by atoms with Crippen molar-refractivity contribution in [2.45, 2.75) is 38.3 Å². The summed E-state index contributed by atoms with van der Waals surface area (Å²) in [5.74, 6) is -0.120. The number of rotatable bonds is 1. The van der Waals surface area contributed by atoms with E-state index in [2.05, 4.69) is 32.7 Å². The lowest BCUT2D eigenvalue weighted by atomic mass is 9.96. The number of hydrogen-bond acceptors (Lipinski definition) is 2. The largest absolute Gasteiger partial charge is 0.363 e. The van der Waals surface area contributed by atoms with Gasteiger partial charge in [0.1, 0.15) is 5.82 Å². The molecule has 2 saturated heterocycles. The van der Waals surface area contributed by atoms with Crippen molar-refractivity contribution in [3.63, 3.8) is 0 Å². The molecule has 2 aliphatic rings. The van der Waals surface area contributed by atoms with Crippen molar-refractivity contribution >= 4 is 21.6 Å². The highest BCUT2D eigenvalue weighted by Gasteiger charge is 2.34. The fourth-order valence-corrected chi connectivity index (χ4v) is 4.00. The van der Waals surface area contributed by atoms with Crippen LogP contribution in [0.1, 0.15) is 26.2 Å². The van der Waals surface area contributed by atoms with E-state index >= 15 is 0 Å². The molecular weight excluding hydrogens is 307 g/mol. The standard InChI is InChI=1S/C15H20BrFN2/c1-11-9-18-8-3-2-5-12(18)10-19(11)15-13(16)6-4-7-14(15)17/h4,6-7,11-12H,2-3,5,8-10H2,1H3. The van der Waals surface area contributed by atoms with Crippen LogP contribution in [0.25, 0.3) is 0 Å². The van der Waals surface area contributed by atoms with Crippen LogP contribution in [0, 0.1) is 5.82 Å². The van der Waals surface area contributed by atoms with Gasteiger partial charge in [0, 0.05) is 29.6 Å². The molecule has 0 aliphatic carbocycles. The molecule has 0 aromatic heterocycles. The second kappa shape index (κ2) is 5.41. The van der Waals surface area contributed by atoms with Crippen molar-refractivity contribution in [2.75, 3.05) is 24.5 Å². The number of halogens is 2. The van der Waals surface area contributed by atoms with E-state index in [0.717, 1.165) is 23.2 Å². The number of benzene rings is 1. The second-order valence-electron chi connectivity index (χ2n) is 5.72. The van der Waals surface area contributed by atoms with Crippen molar-refractivity contribution in [3.8, 4) is 0 Å². The molecule has 0 bridgehead atoms. The van der Waals surface area contributed by atoms with Gasteiger partial charge in [0.2, 0.25) is 0 Å². The zero-order valence-electron chi connectivity index (χ0n) is 11.3. The summed E-state index contributed by atoms with van der Waals surface area (Å²) in [6.45, 7) is 5.40. The van der Waals surface area contributed by atoms with E-state index in [0.29, 0.717) is 12.1 Å². The third-order valence-electron chi connectivity index (χ3n) is 4.41. The first-order chi connectivity index (χ1) is 9.16. The maximum Gasteiger partial charge on any atom is 0.147 e. The molecule has 19 heavy (non-hydrogen) atoms. The maximum absolute atomic E-state index is 14.1. The third-order valence-corrected chi connectivity index (χ3v) is 5.05. The topological polar surface area (TPSA) is 6.48 Å². The monoisotopic (exact) mass is 326 g/mol. The van der Waals surface area contributed by atoms with Gasteiger partial charge in [0.25, 0.3) is 0 Å². The number of anilines is 1. The molecule has 0 N–H and O–H groups in total. The number of piperazine rings is 1. The first kappa shape index (κ1) is 13.4. The van der Waals surface area contributed by atoms with Gasteiger partial charge in [-0.3, -0.25) is 4.90 Å². The van der Waals surface area contributed by atoms with Crippen LogP contribution in [0.15, 0.2) is 22.7 Å². The quantitative estimate of drug-likeness (QED) is 0.777. The van der Waals surface area contributed by atoms with E-state index < -0.39 is 0 Å². The molecule has 104 valence electrons. The van der Waals surface area contributed by atoms with Gasteiger partial charge in [-0.05, 0) is 54.4 Å². The Labute approximate surface area is 122 Å². The predicted molar refractivity (Wildman–Crippen MR) is 80.1 cm³/mol. The first-order valence-corrected chi connectivity index (χ1v) is 7.91. The van der Waals surface area contributed by atoms with Gasteiger partial charge in [-0.1, -0.05) is 12.5 Å². The molecule has 0 spiro atoms. The second-order valence-corrected chi connectivity index (χ2v) is 6.57. The minimum absolute atomic E-state index is 0.120. The van der Waals surface area contributed by atoms with Crippen LogP contribution in [0.3, 0.4) is 0 Å². The van der Waals surface area contributed by atoms with Crippen LogP contribution in [-0.2, 0) is 0 Å². The average molecular weight is 327 g/mol. The molecule has 0 saturated carbocycles. The van der Waals surface area contributed by atoms with Crippen LogP contribution in [0.4, 0.5) is 10.1 Å². The highest BCUT2D eigenvalue weighted by atomic mass is 79.9. The molecule has 2 unspecified atom stereocenters. The molecule has 0 amide bonds. The zero-order chi connectivity index (χ0) is 13.4. The smallest absolute Gasteiger partial charge is 0.147 e. The first-order valence-electron chi connectivity index (χ1n) is 7.11. The molecule has 2 aliphatic heterocycles. The van der Waals surface area contributed by atoms with Crippen LogP contribution >= 0.6 is 15.9 Å².